The average molecular weight is 302 g/mol. The van der Waals surface area contributed by atoms with Gasteiger partial charge in [-0.15, -0.1) is 0 Å². The molecule has 1 N–H and O–H groups in total. The zero-order chi connectivity index (χ0) is 14.8. The van der Waals surface area contributed by atoms with Crippen LogP contribution < -0.4 is 5.32 Å². The molecule has 5 heteroatoms. The lowest BCUT2D eigenvalue weighted by molar-refractivity contribution is 0.614. The summed E-state index contributed by atoms with van der Waals surface area (Å²) in [5, 5.41) is 3.61. The molecule has 0 saturated heterocycles. The van der Waals surface area contributed by atoms with E-state index in [1.54, 1.807) is 19.3 Å². The summed E-state index contributed by atoms with van der Waals surface area (Å²) in [7, 11) is 1.78. The lowest BCUT2D eigenvalue weighted by Gasteiger charge is -2.17. The second kappa shape index (κ2) is 5.76. The highest BCUT2D eigenvalue weighted by Crippen LogP contribution is 2.28. The quantitative estimate of drug-likeness (QED) is 0.801. The summed E-state index contributed by atoms with van der Waals surface area (Å²) in [6.45, 7) is 0. The first-order chi connectivity index (χ1) is 10.2. The highest BCUT2D eigenvalue weighted by atomic mass is 35.5. The number of benzene rings is 2. The Morgan fingerprint density at radius 1 is 1.14 bits per heavy atom. The van der Waals surface area contributed by atoms with Crippen molar-refractivity contribution < 1.29 is 4.39 Å². The van der Waals surface area contributed by atoms with Gasteiger partial charge in [0.2, 0.25) is 0 Å². The molecular weight excluding hydrogens is 289 g/mol. The molecule has 0 aliphatic heterocycles. The van der Waals surface area contributed by atoms with Crippen molar-refractivity contribution in [1.82, 2.24) is 15.3 Å². The SMILES string of the molecule is CNC(c1cnc2ccccc2n1)c1cc(F)ccc1Cl. The molecule has 0 bridgehead atoms. The van der Waals surface area contributed by atoms with Crippen molar-refractivity contribution in [3.05, 3.63) is 70.8 Å². The van der Waals surface area contributed by atoms with Crippen molar-refractivity contribution >= 4 is 22.6 Å². The molecule has 3 nitrogen and oxygen atoms in total. The molecule has 0 saturated carbocycles. The molecule has 3 rings (SSSR count). The number of fused-ring (bicyclic) bond motifs is 1. The van der Waals surface area contributed by atoms with Crippen molar-refractivity contribution in [1.29, 1.82) is 0 Å². The number of hydrogen-bond donors (Lipinski definition) is 1. The minimum Gasteiger partial charge on any atom is -0.308 e. The number of nitrogens with zero attached hydrogens (tertiary/aromatic N) is 2. The third kappa shape index (κ3) is 2.73. The van der Waals surface area contributed by atoms with Crippen LogP contribution in [0.2, 0.25) is 5.02 Å². The van der Waals surface area contributed by atoms with Gasteiger partial charge in [0.1, 0.15) is 5.82 Å². The molecule has 0 radical (unpaired) electrons. The normalized spacial score (nSPS) is 12.5. The number of rotatable bonds is 3. The van der Waals surface area contributed by atoms with Gasteiger partial charge in [0.05, 0.1) is 29.0 Å². The first-order valence-electron chi connectivity index (χ1n) is 6.53. The summed E-state index contributed by atoms with van der Waals surface area (Å²) < 4.78 is 13.5. The van der Waals surface area contributed by atoms with Crippen molar-refractivity contribution in [2.24, 2.45) is 0 Å². The maximum atomic E-state index is 13.5. The molecule has 1 heterocycles. The fourth-order valence-electron chi connectivity index (χ4n) is 2.31. The number of para-hydroxylation sites is 2. The smallest absolute Gasteiger partial charge is 0.123 e. The summed E-state index contributed by atoms with van der Waals surface area (Å²) in [5.74, 6) is -0.330. The first-order valence-corrected chi connectivity index (χ1v) is 6.91. The average Bonchev–Trinajstić information content (AvgIpc) is 2.51. The zero-order valence-corrected chi connectivity index (χ0v) is 12.1. The Morgan fingerprint density at radius 3 is 2.67 bits per heavy atom. The number of nitrogens with one attached hydrogen (secondary N) is 1. The Kier molecular flexibility index (Phi) is 3.82. The van der Waals surface area contributed by atoms with Gasteiger partial charge in [-0.25, -0.2) is 9.37 Å². The van der Waals surface area contributed by atoms with E-state index in [1.165, 1.54) is 12.1 Å². The Morgan fingerprint density at radius 2 is 1.90 bits per heavy atom. The van der Waals surface area contributed by atoms with E-state index >= 15 is 0 Å². The van der Waals surface area contributed by atoms with Gasteiger partial charge in [-0.3, -0.25) is 4.98 Å². The summed E-state index contributed by atoms with van der Waals surface area (Å²) in [6, 6.07) is 11.6. The molecule has 1 atom stereocenters. The summed E-state index contributed by atoms with van der Waals surface area (Å²) in [5.41, 5.74) is 2.96. The predicted octanol–water partition coefficient (Wildman–Crippen LogP) is 3.73. The molecule has 0 aliphatic carbocycles. The maximum absolute atomic E-state index is 13.5. The van der Waals surface area contributed by atoms with Crippen LogP contribution in [0.5, 0.6) is 0 Å². The second-order valence-electron chi connectivity index (χ2n) is 4.67. The third-order valence-corrected chi connectivity index (χ3v) is 3.66. The molecule has 0 fully saturated rings. The Balaban J connectivity index is 2.11. The van der Waals surface area contributed by atoms with Crippen molar-refractivity contribution in [2.75, 3.05) is 7.05 Å². The minimum atomic E-state index is -0.330. The van der Waals surface area contributed by atoms with Crippen molar-refractivity contribution in [3.63, 3.8) is 0 Å². The molecule has 0 spiro atoms. The van der Waals surface area contributed by atoms with Crippen LogP contribution in [0.15, 0.2) is 48.7 Å². The van der Waals surface area contributed by atoms with E-state index in [9.17, 15) is 4.39 Å². The minimum absolute atomic E-state index is 0.315. The van der Waals surface area contributed by atoms with E-state index < -0.39 is 0 Å². The third-order valence-electron chi connectivity index (χ3n) is 3.32. The molecule has 1 unspecified atom stereocenters. The van der Waals surface area contributed by atoms with Gasteiger partial charge in [-0.2, -0.15) is 0 Å². The van der Waals surface area contributed by atoms with Crippen LogP contribution in [-0.2, 0) is 0 Å². The van der Waals surface area contributed by atoms with Gasteiger partial charge in [0.25, 0.3) is 0 Å². The molecule has 0 amide bonds. The maximum Gasteiger partial charge on any atom is 0.123 e. The van der Waals surface area contributed by atoms with Crippen LogP contribution in [0.1, 0.15) is 17.3 Å². The van der Waals surface area contributed by atoms with Crippen LogP contribution in [0.4, 0.5) is 4.39 Å². The molecule has 3 aromatic rings. The summed E-state index contributed by atoms with van der Waals surface area (Å²) in [4.78, 5) is 8.98. The Hall–Kier alpha value is -2.04. The molecule has 2 aromatic carbocycles. The van der Waals surface area contributed by atoms with Crippen LogP contribution in [0.3, 0.4) is 0 Å². The number of halogens is 2. The zero-order valence-electron chi connectivity index (χ0n) is 11.3. The fourth-order valence-corrected chi connectivity index (χ4v) is 2.54. The standard InChI is InChI=1S/C16H13ClFN3/c1-19-16(11-8-10(18)6-7-12(11)17)15-9-20-13-4-2-3-5-14(13)21-15/h2-9,16,19H,1H3. The largest absolute Gasteiger partial charge is 0.308 e. The van der Waals surface area contributed by atoms with Gasteiger partial charge < -0.3 is 5.32 Å². The number of aromatic nitrogens is 2. The lowest BCUT2D eigenvalue weighted by atomic mass is 10.0. The molecular formula is C16H13ClFN3. The molecule has 0 aliphatic rings. The molecule has 21 heavy (non-hydrogen) atoms. The molecule has 1 aromatic heterocycles. The van der Waals surface area contributed by atoms with E-state index in [2.05, 4.69) is 15.3 Å². The first kappa shape index (κ1) is 13.9. The molecule has 106 valence electrons. The highest BCUT2D eigenvalue weighted by molar-refractivity contribution is 6.31. The van der Waals surface area contributed by atoms with E-state index in [-0.39, 0.29) is 11.9 Å². The summed E-state index contributed by atoms with van der Waals surface area (Å²) in [6.07, 6.45) is 1.69. The van der Waals surface area contributed by atoms with Crippen LogP contribution >= 0.6 is 11.6 Å². The van der Waals surface area contributed by atoms with E-state index in [4.69, 9.17) is 11.6 Å². The van der Waals surface area contributed by atoms with Crippen LogP contribution in [0, 0.1) is 5.82 Å². The van der Waals surface area contributed by atoms with Gasteiger partial charge in [-0.05, 0) is 42.9 Å². The Bertz CT molecular complexity index is 791. The monoisotopic (exact) mass is 301 g/mol. The van der Waals surface area contributed by atoms with E-state index in [0.717, 1.165) is 11.0 Å². The summed E-state index contributed by atoms with van der Waals surface area (Å²) >= 11 is 6.18. The Labute approximate surface area is 126 Å². The topological polar surface area (TPSA) is 37.8 Å². The van der Waals surface area contributed by atoms with Crippen LogP contribution in [-0.4, -0.2) is 17.0 Å². The van der Waals surface area contributed by atoms with Crippen LogP contribution in [0.25, 0.3) is 11.0 Å². The highest BCUT2D eigenvalue weighted by Gasteiger charge is 2.18. The fraction of sp³-hybridized carbons (Fsp3) is 0.125. The van der Waals surface area contributed by atoms with Crippen molar-refractivity contribution in [3.8, 4) is 0 Å². The second-order valence-corrected chi connectivity index (χ2v) is 5.08. The van der Waals surface area contributed by atoms with Gasteiger partial charge in [-0.1, -0.05) is 23.7 Å². The van der Waals surface area contributed by atoms with E-state index in [0.29, 0.717) is 16.3 Å². The van der Waals surface area contributed by atoms with E-state index in [1.807, 2.05) is 24.3 Å². The van der Waals surface area contributed by atoms with Crippen molar-refractivity contribution in [2.45, 2.75) is 6.04 Å². The lowest BCUT2D eigenvalue weighted by Crippen LogP contribution is -2.19. The van der Waals surface area contributed by atoms with Gasteiger partial charge in [0, 0.05) is 5.02 Å². The van der Waals surface area contributed by atoms with Gasteiger partial charge >= 0.3 is 0 Å². The predicted molar refractivity (Wildman–Crippen MR) is 81.9 cm³/mol. The van der Waals surface area contributed by atoms with Gasteiger partial charge in [0.15, 0.2) is 0 Å². The number of hydrogen-bond acceptors (Lipinski definition) is 3.